The standard InChI is InChI=1S/C15H24N2O/c1-12-3-2-4-13(7-12)9-17-10-14(5-6-18)8-15(16)11-17/h2-4,7,14-15,18H,5-6,8-11,16H2,1H3. The van der Waals surface area contributed by atoms with Crippen LogP contribution in [0.15, 0.2) is 24.3 Å². The maximum Gasteiger partial charge on any atom is 0.0434 e. The molecule has 1 aromatic rings. The predicted octanol–water partition coefficient (Wildman–Crippen LogP) is 1.53. The molecule has 100 valence electrons. The van der Waals surface area contributed by atoms with Crippen molar-refractivity contribution in [3.63, 3.8) is 0 Å². The molecule has 3 heteroatoms. The minimum Gasteiger partial charge on any atom is -0.396 e. The van der Waals surface area contributed by atoms with Gasteiger partial charge in [-0.25, -0.2) is 0 Å². The van der Waals surface area contributed by atoms with E-state index in [9.17, 15) is 0 Å². The van der Waals surface area contributed by atoms with E-state index in [-0.39, 0.29) is 12.6 Å². The Hall–Kier alpha value is -0.900. The zero-order chi connectivity index (χ0) is 13.0. The Bertz CT molecular complexity index is 381. The number of hydrogen-bond donors (Lipinski definition) is 2. The van der Waals surface area contributed by atoms with Crippen molar-refractivity contribution in [1.82, 2.24) is 4.90 Å². The fourth-order valence-electron chi connectivity index (χ4n) is 2.94. The number of nitrogens with zero attached hydrogens (tertiary/aromatic N) is 1. The number of hydrogen-bond acceptors (Lipinski definition) is 3. The molecule has 1 aromatic carbocycles. The minimum atomic E-state index is 0.250. The van der Waals surface area contributed by atoms with E-state index in [1.807, 2.05) is 0 Å². The second-order valence-electron chi connectivity index (χ2n) is 5.56. The molecule has 1 heterocycles. The molecule has 0 aliphatic carbocycles. The molecule has 1 saturated heterocycles. The highest BCUT2D eigenvalue weighted by Crippen LogP contribution is 2.20. The lowest BCUT2D eigenvalue weighted by atomic mass is 9.92. The van der Waals surface area contributed by atoms with Gasteiger partial charge < -0.3 is 10.8 Å². The molecule has 1 aliphatic heterocycles. The molecule has 0 saturated carbocycles. The third-order valence-corrected chi connectivity index (χ3v) is 3.67. The Labute approximate surface area is 110 Å². The molecule has 1 fully saturated rings. The SMILES string of the molecule is Cc1cccc(CN2CC(N)CC(CCO)C2)c1. The highest BCUT2D eigenvalue weighted by molar-refractivity contribution is 5.22. The number of piperidine rings is 1. The van der Waals surface area contributed by atoms with Crippen LogP contribution < -0.4 is 5.73 Å². The topological polar surface area (TPSA) is 49.5 Å². The van der Waals surface area contributed by atoms with Crippen LogP contribution in [0.2, 0.25) is 0 Å². The van der Waals surface area contributed by atoms with E-state index in [0.29, 0.717) is 5.92 Å². The first-order valence-corrected chi connectivity index (χ1v) is 6.81. The highest BCUT2D eigenvalue weighted by atomic mass is 16.3. The van der Waals surface area contributed by atoms with Crippen LogP contribution in [0.4, 0.5) is 0 Å². The molecular formula is C15H24N2O. The van der Waals surface area contributed by atoms with Crippen LogP contribution in [0, 0.1) is 12.8 Å². The largest absolute Gasteiger partial charge is 0.396 e. The van der Waals surface area contributed by atoms with Gasteiger partial charge in [-0.2, -0.15) is 0 Å². The fourth-order valence-corrected chi connectivity index (χ4v) is 2.94. The Balaban J connectivity index is 1.95. The fraction of sp³-hybridized carbons (Fsp3) is 0.600. The zero-order valence-electron chi connectivity index (χ0n) is 11.2. The van der Waals surface area contributed by atoms with Crippen LogP contribution in [-0.2, 0) is 6.54 Å². The van der Waals surface area contributed by atoms with E-state index in [1.54, 1.807) is 0 Å². The minimum absolute atomic E-state index is 0.250. The van der Waals surface area contributed by atoms with Crippen molar-refractivity contribution in [1.29, 1.82) is 0 Å². The molecule has 18 heavy (non-hydrogen) atoms. The average molecular weight is 248 g/mol. The van der Waals surface area contributed by atoms with Gasteiger partial charge in [-0.05, 0) is 31.2 Å². The number of likely N-dealkylation sites (tertiary alicyclic amines) is 1. The molecule has 3 N–H and O–H groups in total. The van der Waals surface area contributed by atoms with Gasteiger partial charge in [0.25, 0.3) is 0 Å². The molecule has 0 amide bonds. The molecule has 2 rings (SSSR count). The Morgan fingerprint density at radius 2 is 2.22 bits per heavy atom. The van der Waals surface area contributed by atoms with Gasteiger partial charge >= 0.3 is 0 Å². The zero-order valence-corrected chi connectivity index (χ0v) is 11.2. The van der Waals surface area contributed by atoms with Gasteiger partial charge in [-0.1, -0.05) is 29.8 Å². The first kappa shape index (κ1) is 13.5. The third-order valence-electron chi connectivity index (χ3n) is 3.67. The van der Waals surface area contributed by atoms with E-state index < -0.39 is 0 Å². The molecule has 0 bridgehead atoms. The Kier molecular flexibility index (Phi) is 4.75. The molecule has 0 radical (unpaired) electrons. The summed E-state index contributed by atoms with van der Waals surface area (Å²) < 4.78 is 0. The van der Waals surface area contributed by atoms with Gasteiger partial charge in [0.1, 0.15) is 0 Å². The van der Waals surface area contributed by atoms with Crippen LogP contribution in [0.25, 0.3) is 0 Å². The summed E-state index contributed by atoms with van der Waals surface area (Å²) in [5.74, 6) is 0.545. The average Bonchev–Trinajstić information content (AvgIpc) is 2.28. The summed E-state index contributed by atoms with van der Waals surface area (Å²) in [5.41, 5.74) is 8.77. The predicted molar refractivity (Wildman–Crippen MR) is 74.2 cm³/mol. The van der Waals surface area contributed by atoms with Gasteiger partial charge in [0.05, 0.1) is 0 Å². The summed E-state index contributed by atoms with van der Waals surface area (Å²) in [6.07, 6.45) is 1.92. The van der Waals surface area contributed by atoms with Crippen molar-refractivity contribution in [2.75, 3.05) is 19.7 Å². The maximum absolute atomic E-state index is 9.06. The Morgan fingerprint density at radius 1 is 1.39 bits per heavy atom. The summed E-state index contributed by atoms with van der Waals surface area (Å²) in [5, 5.41) is 9.06. The van der Waals surface area contributed by atoms with Gasteiger partial charge in [-0.15, -0.1) is 0 Å². The number of nitrogens with two attached hydrogens (primary N) is 1. The van der Waals surface area contributed by atoms with E-state index in [1.165, 1.54) is 11.1 Å². The summed E-state index contributed by atoms with van der Waals surface area (Å²) in [4.78, 5) is 2.42. The van der Waals surface area contributed by atoms with Crippen molar-refractivity contribution in [2.45, 2.75) is 32.4 Å². The lowest BCUT2D eigenvalue weighted by molar-refractivity contribution is 0.128. The summed E-state index contributed by atoms with van der Waals surface area (Å²) in [6.45, 7) is 5.39. The van der Waals surface area contributed by atoms with Crippen molar-refractivity contribution in [2.24, 2.45) is 11.7 Å². The number of rotatable bonds is 4. The third kappa shape index (κ3) is 3.80. The van der Waals surface area contributed by atoms with Crippen molar-refractivity contribution >= 4 is 0 Å². The summed E-state index contributed by atoms with van der Waals surface area (Å²) in [7, 11) is 0. The summed E-state index contributed by atoms with van der Waals surface area (Å²) >= 11 is 0. The quantitative estimate of drug-likeness (QED) is 0.849. The van der Waals surface area contributed by atoms with Gasteiger partial charge in [0.2, 0.25) is 0 Å². The molecular weight excluding hydrogens is 224 g/mol. The maximum atomic E-state index is 9.06. The molecule has 1 aliphatic rings. The normalized spacial score (nSPS) is 25.3. The van der Waals surface area contributed by atoms with Crippen LogP contribution in [0.1, 0.15) is 24.0 Å². The van der Waals surface area contributed by atoms with Gasteiger partial charge in [0, 0.05) is 32.3 Å². The number of aliphatic hydroxyl groups excluding tert-OH is 1. The van der Waals surface area contributed by atoms with Crippen LogP contribution in [-0.4, -0.2) is 35.7 Å². The summed E-state index contributed by atoms with van der Waals surface area (Å²) in [6, 6.07) is 8.90. The molecule has 2 atom stereocenters. The smallest absolute Gasteiger partial charge is 0.0434 e. The van der Waals surface area contributed by atoms with Gasteiger partial charge in [-0.3, -0.25) is 4.90 Å². The second kappa shape index (κ2) is 6.32. The molecule has 0 spiro atoms. The molecule has 3 nitrogen and oxygen atoms in total. The highest BCUT2D eigenvalue weighted by Gasteiger charge is 2.24. The van der Waals surface area contributed by atoms with Crippen LogP contribution >= 0.6 is 0 Å². The van der Waals surface area contributed by atoms with Crippen molar-refractivity contribution < 1.29 is 5.11 Å². The number of aryl methyl sites for hydroxylation is 1. The lowest BCUT2D eigenvalue weighted by Gasteiger charge is -2.36. The van der Waals surface area contributed by atoms with E-state index in [0.717, 1.165) is 32.5 Å². The van der Waals surface area contributed by atoms with Crippen LogP contribution in [0.5, 0.6) is 0 Å². The first-order valence-electron chi connectivity index (χ1n) is 6.81. The van der Waals surface area contributed by atoms with Gasteiger partial charge in [0.15, 0.2) is 0 Å². The van der Waals surface area contributed by atoms with E-state index in [2.05, 4.69) is 36.1 Å². The number of benzene rings is 1. The van der Waals surface area contributed by atoms with Crippen molar-refractivity contribution in [3.05, 3.63) is 35.4 Å². The van der Waals surface area contributed by atoms with E-state index >= 15 is 0 Å². The van der Waals surface area contributed by atoms with E-state index in [4.69, 9.17) is 10.8 Å². The number of aliphatic hydroxyl groups is 1. The monoisotopic (exact) mass is 248 g/mol. The molecule has 0 aromatic heterocycles. The van der Waals surface area contributed by atoms with Crippen molar-refractivity contribution in [3.8, 4) is 0 Å². The first-order chi connectivity index (χ1) is 8.67. The van der Waals surface area contributed by atoms with Crippen LogP contribution in [0.3, 0.4) is 0 Å². The molecule has 2 unspecified atom stereocenters. The lowest BCUT2D eigenvalue weighted by Crippen LogP contribution is -2.46. The Morgan fingerprint density at radius 3 is 2.94 bits per heavy atom. The second-order valence-corrected chi connectivity index (χ2v) is 5.56.